The summed E-state index contributed by atoms with van der Waals surface area (Å²) < 4.78 is 39.4. The van der Waals surface area contributed by atoms with Crippen LogP contribution in [-0.4, -0.2) is 24.1 Å². The first-order valence-electron chi connectivity index (χ1n) is 8.31. The molecule has 0 radical (unpaired) electrons. The lowest BCUT2D eigenvalue weighted by Crippen LogP contribution is -2.30. The van der Waals surface area contributed by atoms with Crippen LogP contribution in [-0.2, 0) is 21.2 Å². The third-order valence-electron chi connectivity index (χ3n) is 3.97. The molecule has 3 aromatic rings. The van der Waals surface area contributed by atoms with Gasteiger partial charge in [-0.1, -0.05) is 23.7 Å². The summed E-state index contributed by atoms with van der Waals surface area (Å²) in [4.78, 5) is 24.0. The molecule has 0 aliphatic heterocycles. The van der Waals surface area contributed by atoms with Crippen LogP contribution in [0.1, 0.15) is 5.56 Å². The molecule has 29 heavy (non-hydrogen) atoms. The van der Waals surface area contributed by atoms with E-state index in [1.807, 2.05) is 6.92 Å². The maximum absolute atomic E-state index is 13.4. The zero-order valence-electron chi connectivity index (χ0n) is 15.1. The van der Waals surface area contributed by atoms with E-state index in [0.29, 0.717) is 10.7 Å². The van der Waals surface area contributed by atoms with E-state index >= 15 is 0 Å². The molecule has 0 fully saturated rings. The van der Waals surface area contributed by atoms with Gasteiger partial charge in [-0.05, 0) is 48.9 Å². The topological polar surface area (TPSA) is 98.1 Å². The minimum Gasteiger partial charge on any atom is -0.324 e. The van der Waals surface area contributed by atoms with Gasteiger partial charge in [0.1, 0.15) is 12.4 Å². The highest BCUT2D eigenvalue weighted by Crippen LogP contribution is 2.20. The predicted octanol–water partition coefficient (Wildman–Crippen LogP) is 2.82. The molecule has 2 aromatic carbocycles. The van der Waals surface area contributed by atoms with E-state index in [1.54, 1.807) is 18.2 Å². The molecule has 150 valence electrons. The molecule has 1 N–H and O–H groups in total. The molecule has 0 atom stereocenters. The lowest BCUT2D eigenvalue weighted by molar-refractivity contribution is -0.117. The Morgan fingerprint density at radius 1 is 1.17 bits per heavy atom. The van der Waals surface area contributed by atoms with Crippen molar-refractivity contribution in [3.8, 4) is 0 Å². The van der Waals surface area contributed by atoms with E-state index in [2.05, 4.69) is 10.4 Å². The SMILES string of the molecule is Cc1ccc(NC(=O)Cn2nc(S(=O)(=O)c3cccc(F)c3)ccc2=O)cc1Cl. The van der Waals surface area contributed by atoms with E-state index in [-0.39, 0.29) is 4.90 Å². The minimum atomic E-state index is -4.17. The molecule has 3 rings (SSSR count). The summed E-state index contributed by atoms with van der Waals surface area (Å²) in [5, 5.41) is 6.31. The van der Waals surface area contributed by atoms with E-state index < -0.39 is 38.7 Å². The second kappa shape index (κ2) is 8.14. The van der Waals surface area contributed by atoms with Gasteiger partial charge in [0, 0.05) is 16.8 Å². The van der Waals surface area contributed by atoms with Crippen LogP contribution < -0.4 is 10.9 Å². The van der Waals surface area contributed by atoms with Crippen molar-refractivity contribution in [1.29, 1.82) is 0 Å². The van der Waals surface area contributed by atoms with Crippen LogP contribution in [0.5, 0.6) is 0 Å². The first-order chi connectivity index (χ1) is 13.7. The first kappa shape index (κ1) is 20.7. The van der Waals surface area contributed by atoms with Gasteiger partial charge in [-0.3, -0.25) is 9.59 Å². The van der Waals surface area contributed by atoms with Gasteiger partial charge >= 0.3 is 0 Å². The zero-order chi connectivity index (χ0) is 21.2. The van der Waals surface area contributed by atoms with Gasteiger partial charge in [-0.15, -0.1) is 0 Å². The van der Waals surface area contributed by atoms with E-state index in [4.69, 9.17) is 11.6 Å². The summed E-state index contributed by atoms with van der Waals surface area (Å²) in [5.74, 6) is -1.32. The number of hydrogen-bond donors (Lipinski definition) is 1. The van der Waals surface area contributed by atoms with Crippen LogP contribution in [0.15, 0.2) is 69.3 Å². The molecule has 1 heterocycles. The Bertz CT molecular complexity index is 1260. The van der Waals surface area contributed by atoms with Gasteiger partial charge in [0.25, 0.3) is 5.56 Å². The third kappa shape index (κ3) is 4.69. The van der Waals surface area contributed by atoms with Crippen molar-refractivity contribution in [3.05, 3.63) is 81.4 Å². The molecule has 0 spiro atoms. The summed E-state index contributed by atoms with van der Waals surface area (Å²) in [7, 11) is -4.17. The Kier molecular flexibility index (Phi) is 5.81. The number of benzene rings is 2. The van der Waals surface area contributed by atoms with Crippen LogP contribution in [0.4, 0.5) is 10.1 Å². The van der Waals surface area contributed by atoms with Crippen molar-refractivity contribution in [3.63, 3.8) is 0 Å². The summed E-state index contributed by atoms with van der Waals surface area (Å²) >= 11 is 6.01. The lowest BCUT2D eigenvalue weighted by Gasteiger charge is -2.09. The number of aryl methyl sites for hydroxylation is 1. The van der Waals surface area contributed by atoms with Crippen molar-refractivity contribution < 1.29 is 17.6 Å². The van der Waals surface area contributed by atoms with Crippen LogP contribution in [0.2, 0.25) is 5.02 Å². The van der Waals surface area contributed by atoms with Crippen molar-refractivity contribution >= 4 is 33.0 Å². The summed E-state index contributed by atoms with van der Waals surface area (Å²) in [6.07, 6.45) is 0. The molecule has 10 heteroatoms. The lowest BCUT2D eigenvalue weighted by atomic mass is 10.2. The molecule has 0 aliphatic carbocycles. The number of rotatable bonds is 5. The fourth-order valence-electron chi connectivity index (χ4n) is 2.45. The number of nitrogens with zero attached hydrogens (tertiary/aromatic N) is 2. The molecular weight excluding hydrogens is 421 g/mol. The number of carbonyl (C=O) groups excluding carboxylic acids is 1. The first-order valence-corrected chi connectivity index (χ1v) is 10.2. The van der Waals surface area contributed by atoms with Crippen molar-refractivity contribution in [1.82, 2.24) is 9.78 Å². The minimum absolute atomic E-state index is 0.311. The Morgan fingerprint density at radius 3 is 2.62 bits per heavy atom. The van der Waals surface area contributed by atoms with E-state index in [1.165, 1.54) is 12.1 Å². The number of nitrogens with one attached hydrogen (secondary N) is 1. The monoisotopic (exact) mass is 435 g/mol. The molecule has 0 saturated heterocycles. The van der Waals surface area contributed by atoms with Gasteiger partial charge in [0.2, 0.25) is 15.7 Å². The fourth-order valence-corrected chi connectivity index (χ4v) is 3.85. The van der Waals surface area contributed by atoms with Gasteiger partial charge < -0.3 is 5.32 Å². The van der Waals surface area contributed by atoms with Crippen LogP contribution in [0.3, 0.4) is 0 Å². The highest BCUT2D eigenvalue weighted by Gasteiger charge is 2.21. The summed E-state index contributed by atoms with van der Waals surface area (Å²) in [6, 6.07) is 11.3. The molecule has 7 nitrogen and oxygen atoms in total. The molecule has 1 aromatic heterocycles. The number of halogens is 2. The number of carbonyl (C=O) groups is 1. The molecular formula is C19H15ClFN3O4S. The van der Waals surface area contributed by atoms with Gasteiger partial charge in [-0.25, -0.2) is 17.5 Å². The van der Waals surface area contributed by atoms with E-state index in [0.717, 1.165) is 34.5 Å². The standard InChI is InChI=1S/C19H15ClFN3O4S/c1-12-5-6-14(10-16(12)20)22-17(25)11-24-19(26)8-7-18(23-24)29(27,28)15-4-2-3-13(21)9-15/h2-10H,11H2,1H3,(H,22,25). The fraction of sp³-hybridized carbons (Fsp3) is 0.105. The average Bonchev–Trinajstić information content (AvgIpc) is 2.66. The number of hydrogen-bond acceptors (Lipinski definition) is 5. The number of anilines is 1. The average molecular weight is 436 g/mol. The highest BCUT2D eigenvalue weighted by atomic mass is 35.5. The van der Waals surface area contributed by atoms with Gasteiger partial charge in [0.05, 0.1) is 4.90 Å². The Hall–Kier alpha value is -3.04. The van der Waals surface area contributed by atoms with Crippen LogP contribution in [0.25, 0.3) is 0 Å². The molecule has 1 amide bonds. The van der Waals surface area contributed by atoms with Crippen molar-refractivity contribution in [2.75, 3.05) is 5.32 Å². The Labute approximate surface area is 170 Å². The smallest absolute Gasteiger partial charge is 0.267 e. The molecule has 0 saturated carbocycles. The van der Waals surface area contributed by atoms with Crippen molar-refractivity contribution in [2.45, 2.75) is 23.4 Å². The largest absolute Gasteiger partial charge is 0.324 e. The normalized spacial score (nSPS) is 11.3. The molecule has 0 bridgehead atoms. The zero-order valence-corrected chi connectivity index (χ0v) is 16.7. The van der Waals surface area contributed by atoms with Gasteiger partial charge in [-0.2, -0.15) is 5.10 Å². The third-order valence-corrected chi connectivity index (χ3v) is 6.02. The molecule has 0 unspecified atom stereocenters. The number of amides is 1. The maximum atomic E-state index is 13.4. The maximum Gasteiger partial charge on any atom is 0.267 e. The molecule has 0 aliphatic rings. The van der Waals surface area contributed by atoms with Gasteiger partial charge in [0.15, 0.2) is 5.03 Å². The van der Waals surface area contributed by atoms with Crippen molar-refractivity contribution in [2.24, 2.45) is 0 Å². The quantitative estimate of drug-likeness (QED) is 0.664. The predicted molar refractivity (Wildman–Crippen MR) is 105 cm³/mol. The number of aromatic nitrogens is 2. The summed E-state index contributed by atoms with van der Waals surface area (Å²) in [5.41, 5.74) is 0.584. The van der Waals surface area contributed by atoms with Crippen LogP contribution in [0, 0.1) is 12.7 Å². The second-order valence-electron chi connectivity index (χ2n) is 6.14. The summed E-state index contributed by atoms with van der Waals surface area (Å²) in [6.45, 7) is 1.29. The van der Waals surface area contributed by atoms with Crippen LogP contribution >= 0.6 is 11.6 Å². The Morgan fingerprint density at radius 2 is 1.93 bits per heavy atom. The van der Waals surface area contributed by atoms with E-state index in [9.17, 15) is 22.4 Å². The second-order valence-corrected chi connectivity index (χ2v) is 8.44. The Balaban J connectivity index is 1.86. The highest BCUT2D eigenvalue weighted by molar-refractivity contribution is 7.91. The number of sulfone groups is 1.